The molecule has 0 aliphatic carbocycles. The molecule has 3 aromatic rings. The summed E-state index contributed by atoms with van der Waals surface area (Å²) in [6.45, 7) is 0.472. The molecule has 5 heteroatoms. The molecule has 1 amide bonds. The summed E-state index contributed by atoms with van der Waals surface area (Å²) in [4.78, 5) is 21.3. The molecule has 3 rings (SSSR count). The van der Waals surface area contributed by atoms with Crippen molar-refractivity contribution in [2.75, 3.05) is 7.05 Å². The van der Waals surface area contributed by atoms with Crippen LogP contribution in [0.4, 0.5) is 0 Å². The van der Waals surface area contributed by atoms with Crippen LogP contribution in [0.2, 0.25) is 5.02 Å². The number of H-pyrrole nitrogens is 1. The minimum Gasteiger partial charge on any atom is -0.345 e. The second kappa shape index (κ2) is 5.58. The molecular formula is C16H14ClN3O. The smallest absolute Gasteiger partial charge is 0.253 e. The fraction of sp³-hybridized carbons (Fsp3) is 0.125. The van der Waals surface area contributed by atoms with Gasteiger partial charge in [-0.05, 0) is 29.8 Å². The number of nitrogens with zero attached hydrogens (tertiary/aromatic N) is 2. The van der Waals surface area contributed by atoms with Gasteiger partial charge in [-0.2, -0.15) is 0 Å². The van der Waals surface area contributed by atoms with Crippen LogP contribution in [0.3, 0.4) is 0 Å². The molecule has 21 heavy (non-hydrogen) atoms. The molecule has 1 N–H and O–H groups in total. The molecule has 0 aliphatic heterocycles. The summed E-state index contributed by atoms with van der Waals surface area (Å²) in [7, 11) is 1.77. The number of amides is 1. The van der Waals surface area contributed by atoms with E-state index in [1.165, 1.54) is 0 Å². The SMILES string of the molecule is CN(Cc1ccccc1Cl)C(=O)c1ccc2nc[nH]c2c1. The number of aromatic nitrogens is 2. The lowest BCUT2D eigenvalue weighted by Gasteiger charge is -2.18. The van der Waals surface area contributed by atoms with Gasteiger partial charge in [0.1, 0.15) is 0 Å². The molecule has 1 aromatic heterocycles. The molecule has 0 saturated heterocycles. The Hall–Kier alpha value is -2.33. The highest BCUT2D eigenvalue weighted by molar-refractivity contribution is 6.31. The minimum atomic E-state index is -0.0496. The standard InChI is InChI=1S/C16H14ClN3O/c1-20(9-12-4-2-3-5-13(12)17)16(21)11-6-7-14-15(8-11)19-10-18-14/h2-8,10H,9H2,1H3,(H,18,19). The van der Waals surface area contributed by atoms with Crippen LogP contribution < -0.4 is 0 Å². The maximum absolute atomic E-state index is 12.5. The molecule has 4 nitrogen and oxygen atoms in total. The number of nitrogens with one attached hydrogen (secondary N) is 1. The zero-order valence-electron chi connectivity index (χ0n) is 11.5. The Bertz CT molecular complexity index is 797. The summed E-state index contributed by atoms with van der Waals surface area (Å²) in [5.74, 6) is -0.0496. The van der Waals surface area contributed by atoms with Crippen LogP contribution in [0.5, 0.6) is 0 Å². The van der Waals surface area contributed by atoms with Crippen LogP contribution in [0.1, 0.15) is 15.9 Å². The van der Waals surface area contributed by atoms with Gasteiger partial charge in [-0.15, -0.1) is 0 Å². The minimum absolute atomic E-state index is 0.0496. The lowest BCUT2D eigenvalue weighted by molar-refractivity contribution is 0.0785. The zero-order valence-corrected chi connectivity index (χ0v) is 12.3. The molecule has 106 valence electrons. The van der Waals surface area contributed by atoms with Crippen LogP contribution in [-0.2, 0) is 6.54 Å². The highest BCUT2D eigenvalue weighted by atomic mass is 35.5. The molecule has 0 unspecified atom stereocenters. The predicted molar refractivity (Wildman–Crippen MR) is 83.3 cm³/mol. The number of rotatable bonds is 3. The van der Waals surface area contributed by atoms with Crippen molar-refractivity contribution in [2.45, 2.75) is 6.54 Å². The summed E-state index contributed by atoms with van der Waals surface area (Å²) < 4.78 is 0. The van der Waals surface area contributed by atoms with Gasteiger partial charge in [-0.25, -0.2) is 4.98 Å². The summed E-state index contributed by atoms with van der Waals surface area (Å²) in [6.07, 6.45) is 1.62. The molecule has 0 fully saturated rings. The largest absolute Gasteiger partial charge is 0.345 e. The third kappa shape index (κ3) is 2.76. The number of benzene rings is 2. The maximum atomic E-state index is 12.5. The van der Waals surface area contributed by atoms with Crippen LogP contribution in [0, 0.1) is 0 Å². The van der Waals surface area contributed by atoms with E-state index >= 15 is 0 Å². The summed E-state index contributed by atoms with van der Waals surface area (Å²) in [6, 6.07) is 13.0. The molecule has 0 spiro atoms. The molecular weight excluding hydrogens is 286 g/mol. The van der Waals surface area contributed by atoms with Gasteiger partial charge in [0, 0.05) is 24.2 Å². The van der Waals surface area contributed by atoms with Crippen molar-refractivity contribution in [2.24, 2.45) is 0 Å². The van der Waals surface area contributed by atoms with Crippen molar-refractivity contribution < 1.29 is 4.79 Å². The maximum Gasteiger partial charge on any atom is 0.253 e. The van der Waals surface area contributed by atoms with E-state index in [2.05, 4.69) is 9.97 Å². The summed E-state index contributed by atoms with van der Waals surface area (Å²) in [5, 5.41) is 0.668. The van der Waals surface area contributed by atoms with Crippen molar-refractivity contribution in [3.8, 4) is 0 Å². The van der Waals surface area contributed by atoms with E-state index in [1.807, 2.05) is 36.4 Å². The first-order chi connectivity index (χ1) is 10.1. The highest BCUT2D eigenvalue weighted by Crippen LogP contribution is 2.18. The fourth-order valence-electron chi connectivity index (χ4n) is 2.24. The van der Waals surface area contributed by atoms with Crippen molar-refractivity contribution in [1.29, 1.82) is 0 Å². The van der Waals surface area contributed by atoms with E-state index < -0.39 is 0 Å². The Kier molecular flexibility index (Phi) is 3.62. The van der Waals surface area contributed by atoms with Crippen molar-refractivity contribution in [1.82, 2.24) is 14.9 Å². The van der Waals surface area contributed by atoms with Gasteiger partial charge in [0.05, 0.1) is 17.4 Å². The lowest BCUT2D eigenvalue weighted by atomic mass is 10.1. The average molecular weight is 300 g/mol. The van der Waals surface area contributed by atoms with Crippen LogP contribution in [0.15, 0.2) is 48.8 Å². The zero-order chi connectivity index (χ0) is 14.8. The first kappa shape index (κ1) is 13.6. The average Bonchev–Trinajstić information content (AvgIpc) is 2.96. The number of aromatic amines is 1. The number of hydrogen-bond donors (Lipinski definition) is 1. The monoisotopic (exact) mass is 299 g/mol. The Morgan fingerprint density at radius 2 is 2.10 bits per heavy atom. The number of halogens is 1. The lowest BCUT2D eigenvalue weighted by Crippen LogP contribution is -2.26. The fourth-order valence-corrected chi connectivity index (χ4v) is 2.44. The third-order valence-electron chi connectivity index (χ3n) is 3.38. The Balaban J connectivity index is 1.82. The van der Waals surface area contributed by atoms with Gasteiger partial charge in [-0.3, -0.25) is 4.79 Å². The number of carbonyl (C=O) groups excluding carboxylic acids is 1. The normalized spacial score (nSPS) is 10.8. The van der Waals surface area contributed by atoms with Gasteiger partial charge < -0.3 is 9.88 Å². The second-order valence-corrected chi connectivity index (χ2v) is 5.29. The second-order valence-electron chi connectivity index (χ2n) is 4.89. The first-order valence-corrected chi connectivity index (χ1v) is 6.95. The van der Waals surface area contributed by atoms with E-state index in [9.17, 15) is 4.79 Å². The molecule has 0 atom stereocenters. The van der Waals surface area contributed by atoms with Crippen LogP contribution in [-0.4, -0.2) is 27.8 Å². The van der Waals surface area contributed by atoms with Crippen molar-refractivity contribution in [3.63, 3.8) is 0 Å². The molecule has 2 aromatic carbocycles. The van der Waals surface area contributed by atoms with E-state index in [1.54, 1.807) is 24.3 Å². The highest BCUT2D eigenvalue weighted by Gasteiger charge is 2.14. The van der Waals surface area contributed by atoms with Gasteiger partial charge in [0.15, 0.2) is 0 Å². The number of carbonyl (C=O) groups is 1. The van der Waals surface area contributed by atoms with Crippen LogP contribution >= 0.6 is 11.6 Å². The van der Waals surface area contributed by atoms with E-state index in [0.717, 1.165) is 16.6 Å². The number of imidazole rings is 1. The first-order valence-electron chi connectivity index (χ1n) is 6.57. The Labute approximate surface area is 127 Å². The van der Waals surface area contributed by atoms with Gasteiger partial charge in [0.25, 0.3) is 5.91 Å². The summed E-state index contributed by atoms with van der Waals surface area (Å²) in [5.41, 5.74) is 3.26. The molecule has 0 saturated carbocycles. The molecule has 0 aliphatic rings. The third-order valence-corrected chi connectivity index (χ3v) is 3.75. The molecule has 0 radical (unpaired) electrons. The molecule has 0 bridgehead atoms. The van der Waals surface area contributed by atoms with Crippen LogP contribution in [0.25, 0.3) is 11.0 Å². The van der Waals surface area contributed by atoms with Gasteiger partial charge >= 0.3 is 0 Å². The van der Waals surface area contributed by atoms with Gasteiger partial charge in [0.2, 0.25) is 0 Å². The topological polar surface area (TPSA) is 49.0 Å². The van der Waals surface area contributed by atoms with E-state index in [-0.39, 0.29) is 5.91 Å². The summed E-state index contributed by atoms with van der Waals surface area (Å²) >= 11 is 6.13. The Morgan fingerprint density at radius 1 is 1.29 bits per heavy atom. The number of hydrogen-bond acceptors (Lipinski definition) is 2. The van der Waals surface area contributed by atoms with Gasteiger partial charge in [-0.1, -0.05) is 29.8 Å². The Morgan fingerprint density at radius 3 is 2.90 bits per heavy atom. The molecule has 1 heterocycles. The quantitative estimate of drug-likeness (QED) is 0.805. The van der Waals surface area contributed by atoms with Crippen molar-refractivity contribution in [3.05, 3.63) is 64.9 Å². The predicted octanol–water partition coefficient (Wildman–Crippen LogP) is 3.49. The number of fused-ring (bicyclic) bond motifs is 1. The van der Waals surface area contributed by atoms with E-state index in [0.29, 0.717) is 17.1 Å². The van der Waals surface area contributed by atoms with E-state index in [4.69, 9.17) is 11.6 Å². The van der Waals surface area contributed by atoms with Crippen molar-refractivity contribution >= 4 is 28.5 Å².